The molecule has 0 aliphatic rings. The summed E-state index contributed by atoms with van der Waals surface area (Å²) >= 11 is 16.2. The van der Waals surface area contributed by atoms with Gasteiger partial charge in [-0.05, 0) is 41.0 Å². The third-order valence-corrected chi connectivity index (χ3v) is 4.86. The van der Waals surface area contributed by atoms with E-state index >= 15 is 0 Å². The van der Waals surface area contributed by atoms with Gasteiger partial charge in [-0.3, -0.25) is 8.75 Å². The molecule has 0 N–H and O–H groups in total. The lowest BCUT2D eigenvalue weighted by molar-refractivity contribution is 0.372. The second-order valence-electron chi connectivity index (χ2n) is 3.16. The zero-order valence-corrected chi connectivity index (χ0v) is 12.5. The molecular formula is C8H8Cl3O4PS. The number of hydrogen-bond donors (Lipinski definition) is 0. The molecule has 0 aliphatic carbocycles. The predicted molar refractivity (Wildman–Crippen MR) is 68.6 cm³/mol. The summed E-state index contributed by atoms with van der Waals surface area (Å²) < 4.78 is 39.0. The maximum Gasteiger partial charge on any atom is 0.299 e. The molecule has 17 heavy (non-hydrogen) atoms. The SMILES string of the molecule is Cc1cccc(Cl)c1S(=O)(=O)OCP(=O)(Cl)Cl. The van der Waals surface area contributed by atoms with Crippen LogP contribution in [0.5, 0.6) is 0 Å². The zero-order chi connectivity index (χ0) is 13.3. The Kier molecular flexibility index (Phi) is 4.92. The van der Waals surface area contributed by atoms with Crippen LogP contribution in [0.3, 0.4) is 0 Å². The first-order valence-corrected chi connectivity index (χ1v) is 9.75. The van der Waals surface area contributed by atoms with Crippen LogP contribution in [-0.2, 0) is 18.9 Å². The second kappa shape index (κ2) is 5.47. The highest BCUT2D eigenvalue weighted by Crippen LogP contribution is 2.56. The summed E-state index contributed by atoms with van der Waals surface area (Å²) in [6, 6.07) is 4.57. The predicted octanol–water partition coefficient (Wildman–Crippen LogP) is 3.98. The molecule has 0 radical (unpaired) electrons. The van der Waals surface area contributed by atoms with E-state index in [1.54, 1.807) is 19.1 Å². The average Bonchev–Trinajstić information content (AvgIpc) is 2.13. The van der Waals surface area contributed by atoms with E-state index in [9.17, 15) is 13.0 Å². The quantitative estimate of drug-likeness (QED) is 0.616. The highest BCUT2D eigenvalue weighted by atomic mass is 35.9. The van der Waals surface area contributed by atoms with Crippen molar-refractivity contribution in [3.8, 4) is 0 Å². The molecule has 0 aromatic heterocycles. The second-order valence-corrected chi connectivity index (χ2v) is 10.3. The van der Waals surface area contributed by atoms with E-state index in [1.807, 2.05) is 0 Å². The lowest BCUT2D eigenvalue weighted by Gasteiger charge is -2.09. The number of benzene rings is 1. The van der Waals surface area contributed by atoms with Gasteiger partial charge in [0, 0.05) is 0 Å². The van der Waals surface area contributed by atoms with Crippen molar-refractivity contribution in [1.82, 2.24) is 0 Å². The normalized spacial score (nSPS) is 12.7. The fraction of sp³-hybridized carbons (Fsp3) is 0.250. The number of hydrogen-bond acceptors (Lipinski definition) is 4. The number of aryl methyl sites for hydroxylation is 1. The van der Waals surface area contributed by atoms with Gasteiger partial charge in [-0.15, -0.1) is 0 Å². The standard InChI is InChI=1S/C8H8Cl3O4PS/c1-6-3-2-4-7(9)8(6)17(13,14)15-5-16(10,11)12/h2-4H,5H2,1H3. The van der Waals surface area contributed by atoms with Crippen LogP contribution in [0, 0.1) is 6.92 Å². The molecule has 1 aromatic carbocycles. The first-order chi connectivity index (χ1) is 7.63. The van der Waals surface area contributed by atoms with Gasteiger partial charge in [0.15, 0.2) is 0 Å². The Morgan fingerprint density at radius 1 is 1.35 bits per heavy atom. The molecule has 9 heteroatoms. The summed E-state index contributed by atoms with van der Waals surface area (Å²) in [4.78, 5) is -0.177. The molecule has 0 aliphatic heterocycles. The van der Waals surface area contributed by atoms with Crippen LogP contribution in [0.4, 0.5) is 0 Å². The van der Waals surface area contributed by atoms with Gasteiger partial charge in [-0.2, -0.15) is 8.42 Å². The minimum atomic E-state index is -4.13. The summed E-state index contributed by atoms with van der Waals surface area (Å²) in [5.74, 6) is -3.61. The van der Waals surface area contributed by atoms with E-state index in [2.05, 4.69) is 4.18 Å². The van der Waals surface area contributed by atoms with Gasteiger partial charge in [0.05, 0.1) is 5.02 Å². The molecule has 4 nitrogen and oxygen atoms in total. The summed E-state index contributed by atoms with van der Waals surface area (Å²) in [5.41, 5.74) is 0.413. The minimum Gasteiger partial charge on any atom is -0.287 e. The van der Waals surface area contributed by atoms with Crippen LogP contribution in [0.25, 0.3) is 0 Å². The number of rotatable bonds is 4. The van der Waals surface area contributed by atoms with Gasteiger partial charge in [0.2, 0.25) is 0 Å². The molecule has 0 atom stereocenters. The molecule has 96 valence electrons. The van der Waals surface area contributed by atoms with Crippen LogP contribution in [-0.4, -0.2) is 14.8 Å². The maximum absolute atomic E-state index is 11.8. The van der Waals surface area contributed by atoms with Crippen molar-refractivity contribution in [1.29, 1.82) is 0 Å². The largest absolute Gasteiger partial charge is 0.299 e. The van der Waals surface area contributed by atoms with Gasteiger partial charge in [0.25, 0.3) is 16.0 Å². The molecule has 0 fully saturated rings. The van der Waals surface area contributed by atoms with Crippen molar-refractivity contribution in [3.63, 3.8) is 0 Å². The monoisotopic (exact) mass is 336 g/mol. The van der Waals surface area contributed by atoms with E-state index in [1.165, 1.54) is 6.07 Å². The van der Waals surface area contributed by atoms with Crippen LogP contribution in [0.15, 0.2) is 23.1 Å². The van der Waals surface area contributed by atoms with Crippen LogP contribution >= 0.6 is 39.9 Å². The van der Waals surface area contributed by atoms with E-state index in [-0.39, 0.29) is 9.92 Å². The van der Waals surface area contributed by atoms with Crippen molar-refractivity contribution >= 4 is 50.0 Å². The summed E-state index contributed by atoms with van der Waals surface area (Å²) in [5, 5.41) is 0.0176. The van der Waals surface area contributed by atoms with Crippen LogP contribution in [0.1, 0.15) is 5.56 Å². The third-order valence-electron chi connectivity index (χ3n) is 1.77. The number of halogens is 3. The lowest BCUT2D eigenvalue weighted by atomic mass is 10.2. The molecule has 1 aromatic rings. The molecule has 0 bridgehead atoms. The Balaban J connectivity index is 3.11. The fourth-order valence-corrected chi connectivity index (χ4v) is 4.28. The molecule has 0 saturated heterocycles. The molecule has 0 heterocycles. The highest BCUT2D eigenvalue weighted by Gasteiger charge is 2.25. The van der Waals surface area contributed by atoms with Gasteiger partial charge in [-0.1, -0.05) is 23.7 Å². The van der Waals surface area contributed by atoms with Gasteiger partial charge >= 0.3 is 0 Å². The van der Waals surface area contributed by atoms with Gasteiger partial charge < -0.3 is 0 Å². The Morgan fingerprint density at radius 2 is 1.94 bits per heavy atom. The summed E-state index contributed by atoms with van der Waals surface area (Å²) in [6.45, 7) is 1.56. The van der Waals surface area contributed by atoms with Crippen molar-refractivity contribution < 1.29 is 17.2 Å². The molecule has 0 unspecified atom stereocenters. The van der Waals surface area contributed by atoms with E-state index in [0.717, 1.165) is 0 Å². The maximum atomic E-state index is 11.8. The van der Waals surface area contributed by atoms with Crippen molar-refractivity contribution in [2.75, 3.05) is 6.35 Å². The zero-order valence-electron chi connectivity index (χ0n) is 8.56. The topological polar surface area (TPSA) is 60.4 Å². The molecular weight excluding hydrogens is 329 g/mol. The smallest absolute Gasteiger partial charge is 0.287 e. The molecule has 1 rings (SSSR count). The van der Waals surface area contributed by atoms with E-state index < -0.39 is 22.3 Å². The Bertz CT molecular complexity index is 546. The Hall–Kier alpha value is 0.230. The highest BCUT2D eigenvalue weighted by molar-refractivity contribution is 8.08. The molecule has 0 saturated carbocycles. The lowest BCUT2D eigenvalue weighted by Crippen LogP contribution is -2.08. The Morgan fingerprint density at radius 3 is 2.41 bits per heavy atom. The first-order valence-electron chi connectivity index (χ1n) is 4.26. The van der Waals surface area contributed by atoms with E-state index in [4.69, 9.17) is 34.1 Å². The fourth-order valence-electron chi connectivity index (χ4n) is 1.12. The van der Waals surface area contributed by atoms with Crippen molar-refractivity contribution in [2.24, 2.45) is 0 Å². The third kappa shape index (κ3) is 4.43. The molecule has 0 amide bonds. The average molecular weight is 338 g/mol. The minimum absolute atomic E-state index is 0.0176. The Labute approximate surface area is 114 Å². The van der Waals surface area contributed by atoms with Crippen LogP contribution in [0.2, 0.25) is 5.02 Å². The van der Waals surface area contributed by atoms with Crippen molar-refractivity contribution in [2.45, 2.75) is 11.8 Å². The molecule has 0 spiro atoms. The summed E-state index contributed by atoms with van der Waals surface area (Å²) in [6.07, 6.45) is -0.789. The van der Waals surface area contributed by atoms with Gasteiger partial charge in [0.1, 0.15) is 11.2 Å². The summed E-state index contributed by atoms with van der Waals surface area (Å²) in [7, 11) is -4.13. The van der Waals surface area contributed by atoms with E-state index in [0.29, 0.717) is 5.56 Å². The first kappa shape index (κ1) is 15.3. The van der Waals surface area contributed by atoms with Gasteiger partial charge in [-0.25, -0.2) is 0 Å². The van der Waals surface area contributed by atoms with Crippen LogP contribution < -0.4 is 0 Å². The van der Waals surface area contributed by atoms with Crippen molar-refractivity contribution in [3.05, 3.63) is 28.8 Å².